The number of rotatable bonds is 5. The summed E-state index contributed by atoms with van der Waals surface area (Å²) in [5, 5.41) is 20.8. The normalized spacial score (nSPS) is 11.2. The number of nitrogens with one attached hydrogen (secondary N) is 1. The molecule has 3 aromatic rings. The van der Waals surface area contributed by atoms with Crippen molar-refractivity contribution in [1.29, 1.82) is 0 Å². The molecule has 3 rings (SSSR count). The number of hydrogen-bond donors (Lipinski definition) is 2. The van der Waals surface area contributed by atoms with E-state index < -0.39 is 5.91 Å². The number of aromatic nitrogens is 5. The fourth-order valence-corrected chi connectivity index (χ4v) is 2.81. The molecular formula is C13H14N8O2S. The molecular weight excluding hydrogens is 332 g/mol. The lowest BCUT2D eigenvalue weighted by Gasteiger charge is -2.01. The van der Waals surface area contributed by atoms with Crippen LogP contribution in [0.15, 0.2) is 21.2 Å². The van der Waals surface area contributed by atoms with Crippen LogP contribution in [0.4, 0.5) is 5.82 Å². The van der Waals surface area contributed by atoms with E-state index in [0.29, 0.717) is 12.1 Å². The van der Waals surface area contributed by atoms with Gasteiger partial charge in [-0.15, -0.1) is 16.4 Å². The van der Waals surface area contributed by atoms with Crippen LogP contribution in [0.3, 0.4) is 0 Å². The molecule has 124 valence electrons. The molecule has 11 heteroatoms. The van der Waals surface area contributed by atoms with Gasteiger partial charge in [0.2, 0.25) is 11.6 Å². The molecule has 0 saturated heterocycles. The maximum Gasteiger partial charge on any atom is 0.293 e. The molecule has 0 aliphatic carbocycles. The Morgan fingerprint density at radius 1 is 1.54 bits per heavy atom. The van der Waals surface area contributed by atoms with Crippen molar-refractivity contribution in [1.82, 2.24) is 30.7 Å². The van der Waals surface area contributed by atoms with Crippen LogP contribution in [0.25, 0.3) is 5.82 Å². The molecule has 0 saturated carbocycles. The second-order valence-corrected chi connectivity index (χ2v) is 5.74. The number of carbonyl (C=O) groups is 1. The van der Waals surface area contributed by atoms with Crippen molar-refractivity contribution in [2.75, 3.05) is 5.73 Å². The minimum atomic E-state index is -0.474. The van der Waals surface area contributed by atoms with Crippen molar-refractivity contribution < 1.29 is 9.42 Å². The number of hydrogen-bond acceptors (Lipinski definition) is 9. The SMILES string of the molecule is CCc1c(C(=O)N/N=C/c2sccc2C)nnn1-c1nonc1N. The van der Waals surface area contributed by atoms with E-state index in [2.05, 4.69) is 35.8 Å². The van der Waals surface area contributed by atoms with Gasteiger partial charge in [0.15, 0.2) is 5.69 Å². The average Bonchev–Trinajstić information content (AvgIpc) is 3.27. The van der Waals surface area contributed by atoms with Crippen molar-refractivity contribution >= 4 is 29.3 Å². The molecule has 10 nitrogen and oxygen atoms in total. The largest absolute Gasteiger partial charge is 0.378 e. The van der Waals surface area contributed by atoms with Crippen molar-refractivity contribution in [3.05, 3.63) is 33.3 Å². The zero-order chi connectivity index (χ0) is 17.1. The Balaban J connectivity index is 1.81. The second kappa shape index (κ2) is 6.58. The Bertz CT molecular complexity index is 894. The van der Waals surface area contributed by atoms with Gasteiger partial charge in [-0.3, -0.25) is 4.79 Å². The first-order valence-corrected chi connectivity index (χ1v) is 7.90. The molecule has 3 aromatic heterocycles. The summed E-state index contributed by atoms with van der Waals surface area (Å²) in [6.07, 6.45) is 2.07. The minimum Gasteiger partial charge on any atom is -0.378 e. The monoisotopic (exact) mass is 346 g/mol. The van der Waals surface area contributed by atoms with Gasteiger partial charge in [-0.2, -0.15) is 9.78 Å². The topological polar surface area (TPSA) is 137 Å². The molecule has 0 spiro atoms. The van der Waals surface area contributed by atoms with Crippen molar-refractivity contribution in [3.63, 3.8) is 0 Å². The van der Waals surface area contributed by atoms with Gasteiger partial charge in [-0.05, 0) is 40.7 Å². The highest BCUT2D eigenvalue weighted by Crippen LogP contribution is 2.16. The zero-order valence-corrected chi connectivity index (χ0v) is 13.7. The Morgan fingerprint density at radius 2 is 2.38 bits per heavy atom. The number of aryl methyl sites for hydroxylation is 1. The third-order valence-electron chi connectivity index (χ3n) is 3.26. The van der Waals surface area contributed by atoms with E-state index in [0.717, 1.165) is 10.4 Å². The van der Waals surface area contributed by atoms with Gasteiger partial charge in [-0.1, -0.05) is 12.1 Å². The Kier molecular flexibility index (Phi) is 4.33. The molecule has 0 atom stereocenters. The minimum absolute atomic E-state index is 0.0627. The van der Waals surface area contributed by atoms with Crippen LogP contribution >= 0.6 is 11.3 Å². The highest BCUT2D eigenvalue weighted by Gasteiger charge is 2.22. The maximum atomic E-state index is 12.3. The predicted octanol–water partition coefficient (Wildman–Crippen LogP) is 0.929. The summed E-state index contributed by atoms with van der Waals surface area (Å²) < 4.78 is 5.88. The fourth-order valence-electron chi connectivity index (χ4n) is 2.02. The lowest BCUT2D eigenvalue weighted by molar-refractivity contribution is 0.0949. The fraction of sp³-hybridized carbons (Fsp3) is 0.231. The summed E-state index contributed by atoms with van der Waals surface area (Å²) in [5.41, 5.74) is 9.85. The number of amides is 1. The van der Waals surface area contributed by atoms with E-state index in [9.17, 15) is 4.79 Å². The number of nitrogens with two attached hydrogens (primary N) is 1. The molecule has 0 aromatic carbocycles. The van der Waals surface area contributed by atoms with Gasteiger partial charge >= 0.3 is 0 Å². The maximum absolute atomic E-state index is 12.3. The van der Waals surface area contributed by atoms with E-state index in [-0.39, 0.29) is 17.3 Å². The smallest absolute Gasteiger partial charge is 0.293 e. The highest BCUT2D eigenvalue weighted by atomic mass is 32.1. The van der Waals surface area contributed by atoms with Crippen LogP contribution in [0.1, 0.15) is 33.5 Å². The van der Waals surface area contributed by atoms with Gasteiger partial charge in [0, 0.05) is 4.88 Å². The number of carbonyl (C=O) groups excluding carboxylic acids is 1. The van der Waals surface area contributed by atoms with Gasteiger partial charge in [-0.25, -0.2) is 10.1 Å². The lowest BCUT2D eigenvalue weighted by atomic mass is 10.2. The summed E-state index contributed by atoms with van der Waals surface area (Å²) in [6.45, 7) is 3.82. The number of thiophene rings is 1. The summed E-state index contributed by atoms with van der Waals surface area (Å²) in [4.78, 5) is 13.2. The quantitative estimate of drug-likeness (QED) is 0.518. The average molecular weight is 346 g/mol. The predicted molar refractivity (Wildman–Crippen MR) is 87.1 cm³/mol. The number of nitrogens with zero attached hydrogens (tertiary/aromatic N) is 6. The van der Waals surface area contributed by atoms with Crippen LogP contribution in [0, 0.1) is 6.92 Å². The molecule has 24 heavy (non-hydrogen) atoms. The number of anilines is 1. The zero-order valence-electron chi connectivity index (χ0n) is 12.9. The van der Waals surface area contributed by atoms with Crippen molar-refractivity contribution in [3.8, 4) is 5.82 Å². The van der Waals surface area contributed by atoms with E-state index in [1.165, 1.54) is 16.0 Å². The number of nitrogen functional groups attached to an aromatic ring is 1. The van der Waals surface area contributed by atoms with Gasteiger partial charge < -0.3 is 5.73 Å². The molecule has 1 amide bonds. The van der Waals surface area contributed by atoms with Crippen molar-refractivity contribution in [2.45, 2.75) is 20.3 Å². The standard InChI is InChI=1S/C13H14N8O2S/c1-3-8-10(16-20-21(8)12-11(14)18-23-19-12)13(22)17-15-6-9-7(2)4-5-24-9/h4-6H,3H2,1-2H3,(H2,14,18)(H,17,22)/b15-6+. The summed E-state index contributed by atoms with van der Waals surface area (Å²) in [6, 6.07) is 1.98. The summed E-state index contributed by atoms with van der Waals surface area (Å²) >= 11 is 1.54. The number of hydrazone groups is 1. The van der Waals surface area contributed by atoms with Crippen LogP contribution in [-0.2, 0) is 6.42 Å². The lowest BCUT2D eigenvalue weighted by Crippen LogP contribution is -2.20. The molecule has 3 heterocycles. The first-order valence-electron chi connectivity index (χ1n) is 7.02. The van der Waals surface area contributed by atoms with Crippen LogP contribution in [-0.4, -0.2) is 37.4 Å². The molecule has 0 aliphatic rings. The summed E-state index contributed by atoms with van der Waals surface area (Å²) in [7, 11) is 0. The third-order valence-corrected chi connectivity index (χ3v) is 4.21. The summed E-state index contributed by atoms with van der Waals surface area (Å²) in [5.74, 6) is -0.220. The van der Waals surface area contributed by atoms with E-state index >= 15 is 0 Å². The van der Waals surface area contributed by atoms with Gasteiger partial charge in [0.1, 0.15) is 0 Å². The second-order valence-electron chi connectivity index (χ2n) is 4.79. The molecule has 0 bridgehead atoms. The molecule has 3 N–H and O–H groups in total. The van der Waals surface area contributed by atoms with Crippen LogP contribution in [0.5, 0.6) is 0 Å². The Morgan fingerprint density at radius 3 is 3.00 bits per heavy atom. The Hall–Kier alpha value is -3.08. The molecule has 0 radical (unpaired) electrons. The molecule has 0 unspecified atom stereocenters. The van der Waals surface area contributed by atoms with Crippen LogP contribution in [0.2, 0.25) is 0 Å². The molecule has 0 fully saturated rings. The molecule has 0 aliphatic heterocycles. The van der Waals surface area contributed by atoms with Crippen LogP contribution < -0.4 is 11.2 Å². The highest BCUT2D eigenvalue weighted by molar-refractivity contribution is 7.11. The Labute approximate surface area is 140 Å². The van der Waals surface area contributed by atoms with E-state index in [1.807, 2.05) is 25.3 Å². The van der Waals surface area contributed by atoms with E-state index in [1.54, 1.807) is 6.21 Å². The first-order chi connectivity index (χ1) is 11.6. The van der Waals surface area contributed by atoms with Gasteiger partial charge in [0.25, 0.3) is 5.91 Å². The van der Waals surface area contributed by atoms with Crippen molar-refractivity contribution in [2.24, 2.45) is 5.10 Å². The third kappa shape index (κ3) is 2.88. The van der Waals surface area contributed by atoms with E-state index in [4.69, 9.17) is 5.73 Å². The van der Waals surface area contributed by atoms with Gasteiger partial charge in [0.05, 0.1) is 11.9 Å². The first kappa shape index (κ1) is 15.8.